The summed E-state index contributed by atoms with van der Waals surface area (Å²) in [6.07, 6.45) is 3.10. The second-order valence-corrected chi connectivity index (χ2v) is 4.96. The normalized spacial score (nSPS) is 16.2. The minimum absolute atomic E-state index is 0.126. The van der Waals surface area contributed by atoms with Crippen LogP contribution < -0.4 is 10.3 Å². The zero-order chi connectivity index (χ0) is 11.8. The Morgan fingerprint density at radius 2 is 2.25 bits per heavy atom. The van der Waals surface area contributed by atoms with Gasteiger partial charge >= 0.3 is 0 Å². The van der Waals surface area contributed by atoms with Crippen LogP contribution in [0.15, 0.2) is 10.9 Å². The van der Waals surface area contributed by atoms with Crippen molar-refractivity contribution in [2.45, 2.75) is 51.6 Å². The van der Waals surface area contributed by atoms with E-state index in [0.29, 0.717) is 11.8 Å². The van der Waals surface area contributed by atoms with Gasteiger partial charge < -0.3 is 9.72 Å². The summed E-state index contributed by atoms with van der Waals surface area (Å²) in [7, 11) is 0. The first-order valence-corrected chi connectivity index (χ1v) is 5.80. The van der Waals surface area contributed by atoms with Gasteiger partial charge in [0.15, 0.2) is 0 Å². The number of H-pyrrole nitrogens is 1. The van der Waals surface area contributed by atoms with Crippen LogP contribution >= 0.6 is 0 Å². The molecule has 4 nitrogen and oxygen atoms in total. The van der Waals surface area contributed by atoms with Crippen molar-refractivity contribution in [3.63, 3.8) is 0 Å². The lowest BCUT2D eigenvalue weighted by atomic mass is 10.1. The summed E-state index contributed by atoms with van der Waals surface area (Å²) in [5, 5.41) is 0. The summed E-state index contributed by atoms with van der Waals surface area (Å²) in [5.41, 5.74) is -0.402. The minimum Gasteiger partial charge on any atom is -0.471 e. The molecule has 1 aliphatic carbocycles. The van der Waals surface area contributed by atoms with E-state index in [1.54, 1.807) is 0 Å². The van der Waals surface area contributed by atoms with Gasteiger partial charge in [-0.1, -0.05) is 6.92 Å². The molecule has 88 valence electrons. The fourth-order valence-electron chi connectivity index (χ4n) is 1.41. The van der Waals surface area contributed by atoms with Gasteiger partial charge in [-0.15, -0.1) is 0 Å². The van der Waals surface area contributed by atoms with E-state index < -0.39 is 0 Å². The molecule has 0 bridgehead atoms. The third kappa shape index (κ3) is 2.62. The fraction of sp³-hybridized carbons (Fsp3) is 0.667. The molecule has 0 aliphatic heterocycles. The summed E-state index contributed by atoms with van der Waals surface area (Å²) < 4.78 is 5.72. The third-order valence-corrected chi connectivity index (χ3v) is 2.93. The molecule has 1 aromatic rings. The molecule has 1 aliphatic rings. The smallest absolute Gasteiger partial charge is 0.254 e. The van der Waals surface area contributed by atoms with Crippen LogP contribution in [0.1, 0.15) is 51.8 Å². The van der Waals surface area contributed by atoms with Crippen LogP contribution in [0.3, 0.4) is 0 Å². The molecule has 2 rings (SSSR count). The summed E-state index contributed by atoms with van der Waals surface area (Å²) in [5.74, 6) is 1.65. The van der Waals surface area contributed by atoms with E-state index in [4.69, 9.17) is 4.74 Å². The average Bonchev–Trinajstić information content (AvgIpc) is 2.99. The van der Waals surface area contributed by atoms with Gasteiger partial charge in [0.2, 0.25) is 5.88 Å². The Kier molecular flexibility index (Phi) is 2.74. The molecular weight excluding hydrogens is 204 g/mol. The number of nitrogens with zero attached hydrogens (tertiary/aromatic N) is 1. The van der Waals surface area contributed by atoms with Gasteiger partial charge in [0, 0.05) is 5.92 Å². The largest absolute Gasteiger partial charge is 0.471 e. The van der Waals surface area contributed by atoms with Crippen molar-refractivity contribution < 1.29 is 4.74 Å². The molecule has 1 N–H and O–H groups in total. The molecule has 0 radical (unpaired) electrons. The first-order valence-electron chi connectivity index (χ1n) is 5.80. The average molecular weight is 222 g/mol. The van der Waals surface area contributed by atoms with E-state index in [0.717, 1.165) is 25.1 Å². The standard InChI is InChI=1S/C12H18N2O2/c1-4-12(2,3)16-10-7-9(15)13-11(14-10)8-5-6-8/h7-8H,4-6H2,1-3H3,(H,13,14,15). The van der Waals surface area contributed by atoms with Crippen molar-refractivity contribution in [1.29, 1.82) is 0 Å². The zero-order valence-corrected chi connectivity index (χ0v) is 10.0. The highest BCUT2D eigenvalue weighted by Crippen LogP contribution is 2.38. The highest BCUT2D eigenvalue weighted by atomic mass is 16.5. The van der Waals surface area contributed by atoms with Gasteiger partial charge in [0.25, 0.3) is 5.56 Å². The Labute approximate surface area is 95.1 Å². The molecule has 4 heteroatoms. The SMILES string of the molecule is CCC(C)(C)Oc1cc(=O)[nH]c(C2CC2)n1. The first kappa shape index (κ1) is 11.2. The molecule has 1 aromatic heterocycles. The topological polar surface area (TPSA) is 55.0 Å². The van der Waals surface area contributed by atoms with E-state index in [-0.39, 0.29) is 11.2 Å². The predicted octanol–water partition coefficient (Wildman–Crippen LogP) is 2.21. The maximum absolute atomic E-state index is 11.4. The molecule has 16 heavy (non-hydrogen) atoms. The van der Waals surface area contributed by atoms with Crippen LogP contribution in [-0.2, 0) is 0 Å². The molecule has 1 heterocycles. The molecule has 0 saturated heterocycles. The predicted molar refractivity (Wildman–Crippen MR) is 61.8 cm³/mol. The fourth-order valence-corrected chi connectivity index (χ4v) is 1.41. The van der Waals surface area contributed by atoms with Crippen molar-refractivity contribution in [3.8, 4) is 5.88 Å². The summed E-state index contributed by atoms with van der Waals surface area (Å²) in [4.78, 5) is 18.6. The van der Waals surface area contributed by atoms with E-state index in [2.05, 4.69) is 16.9 Å². The number of rotatable bonds is 4. The van der Waals surface area contributed by atoms with Crippen molar-refractivity contribution in [1.82, 2.24) is 9.97 Å². The Morgan fingerprint density at radius 1 is 1.56 bits per heavy atom. The van der Waals surface area contributed by atoms with Gasteiger partial charge in [0.05, 0.1) is 6.07 Å². The molecule has 0 spiro atoms. The number of hydrogen-bond donors (Lipinski definition) is 1. The van der Waals surface area contributed by atoms with Crippen LogP contribution in [0.4, 0.5) is 0 Å². The molecule has 1 fully saturated rings. The second kappa shape index (κ2) is 3.92. The number of ether oxygens (including phenoxy) is 1. The van der Waals surface area contributed by atoms with Gasteiger partial charge in [0.1, 0.15) is 11.4 Å². The Balaban J connectivity index is 2.23. The molecule has 0 amide bonds. The molecule has 0 atom stereocenters. The Bertz CT molecular complexity index is 433. The Morgan fingerprint density at radius 3 is 2.81 bits per heavy atom. The van der Waals surface area contributed by atoms with E-state index in [1.807, 2.05) is 13.8 Å². The van der Waals surface area contributed by atoms with Crippen molar-refractivity contribution >= 4 is 0 Å². The van der Waals surface area contributed by atoms with Crippen LogP contribution in [0, 0.1) is 0 Å². The van der Waals surface area contributed by atoms with Crippen molar-refractivity contribution in [2.24, 2.45) is 0 Å². The highest BCUT2D eigenvalue weighted by molar-refractivity contribution is 5.14. The van der Waals surface area contributed by atoms with Crippen molar-refractivity contribution in [3.05, 3.63) is 22.2 Å². The quantitative estimate of drug-likeness (QED) is 0.849. The van der Waals surface area contributed by atoms with Crippen LogP contribution in [-0.4, -0.2) is 15.6 Å². The van der Waals surface area contributed by atoms with Gasteiger partial charge in [-0.25, -0.2) is 0 Å². The first-order chi connectivity index (χ1) is 7.50. The van der Waals surface area contributed by atoms with Gasteiger partial charge in [-0.05, 0) is 33.1 Å². The lowest BCUT2D eigenvalue weighted by molar-refractivity contribution is 0.0983. The number of aromatic nitrogens is 2. The Hall–Kier alpha value is -1.32. The van der Waals surface area contributed by atoms with Gasteiger partial charge in [-0.2, -0.15) is 4.98 Å². The van der Waals surface area contributed by atoms with Crippen LogP contribution in [0.5, 0.6) is 5.88 Å². The monoisotopic (exact) mass is 222 g/mol. The number of aromatic amines is 1. The maximum Gasteiger partial charge on any atom is 0.254 e. The molecular formula is C12H18N2O2. The van der Waals surface area contributed by atoms with Crippen LogP contribution in [0.2, 0.25) is 0 Å². The second-order valence-electron chi connectivity index (χ2n) is 4.96. The van der Waals surface area contributed by atoms with Crippen molar-refractivity contribution in [2.75, 3.05) is 0 Å². The maximum atomic E-state index is 11.4. The molecule has 1 saturated carbocycles. The molecule has 0 aromatic carbocycles. The third-order valence-electron chi connectivity index (χ3n) is 2.93. The number of nitrogens with one attached hydrogen (secondary N) is 1. The summed E-state index contributed by atoms with van der Waals surface area (Å²) >= 11 is 0. The lowest BCUT2D eigenvalue weighted by Gasteiger charge is -2.23. The van der Waals surface area contributed by atoms with Crippen LogP contribution in [0.25, 0.3) is 0 Å². The van der Waals surface area contributed by atoms with E-state index in [1.165, 1.54) is 6.07 Å². The highest BCUT2D eigenvalue weighted by Gasteiger charge is 2.27. The summed E-state index contributed by atoms with van der Waals surface area (Å²) in [6, 6.07) is 1.42. The lowest BCUT2D eigenvalue weighted by Crippen LogP contribution is -2.28. The number of hydrogen-bond acceptors (Lipinski definition) is 3. The molecule has 0 unspecified atom stereocenters. The zero-order valence-electron chi connectivity index (χ0n) is 10.0. The van der Waals surface area contributed by atoms with Gasteiger partial charge in [-0.3, -0.25) is 4.79 Å². The summed E-state index contributed by atoms with van der Waals surface area (Å²) in [6.45, 7) is 6.04. The van der Waals surface area contributed by atoms with E-state index in [9.17, 15) is 4.79 Å². The minimum atomic E-state index is -0.276. The van der Waals surface area contributed by atoms with E-state index >= 15 is 0 Å².